The van der Waals surface area contributed by atoms with Gasteiger partial charge in [-0.15, -0.1) is 10.2 Å². The van der Waals surface area contributed by atoms with Gasteiger partial charge in [0.15, 0.2) is 5.16 Å². The van der Waals surface area contributed by atoms with E-state index in [1.807, 2.05) is 25.3 Å². The van der Waals surface area contributed by atoms with Crippen LogP contribution in [0.4, 0.5) is 0 Å². The maximum absolute atomic E-state index is 12.1. The molecule has 0 bridgehead atoms. The van der Waals surface area contributed by atoms with Crippen molar-refractivity contribution >= 4 is 23.6 Å². The van der Waals surface area contributed by atoms with E-state index in [1.165, 1.54) is 16.7 Å². The average molecular weight is 314 g/mol. The van der Waals surface area contributed by atoms with Crippen molar-refractivity contribution in [2.45, 2.75) is 38.9 Å². The average Bonchev–Trinajstić information content (AvgIpc) is 2.91. The lowest BCUT2D eigenvalue weighted by Gasteiger charge is -2.19. The summed E-state index contributed by atoms with van der Waals surface area (Å²) < 4.78 is 6.76. The molecule has 0 fully saturated rings. The van der Waals surface area contributed by atoms with E-state index in [2.05, 4.69) is 10.2 Å². The maximum atomic E-state index is 12.1. The molecule has 0 unspecified atom stereocenters. The third-order valence-corrected chi connectivity index (χ3v) is 3.72. The van der Waals surface area contributed by atoms with Crippen LogP contribution in [0.5, 0.6) is 0 Å². The number of esters is 1. The smallest absolute Gasteiger partial charge is 0.325 e. The molecule has 0 aromatic carbocycles. The molecule has 0 N–H and O–H groups in total. The van der Waals surface area contributed by atoms with Crippen molar-refractivity contribution in [2.24, 2.45) is 0 Å². The Morgan fingerprint density at radius 1 is 1.43 bits per heavy atom. The Labute approximate surface area is 129 Å². The summed E-state index contributed by atoms with van der Waals surface area (Å²) in [4.78, 5) is 25.0. The first-order valence-electron chi connectivity index (χ1n) is 6.95. The van der Waals surface area contributed by atoms with Crippen molar-refractivity contribution in [1.29, 1.82) is 0 Å². The van der Waals surface area contributed by atoms with E-state index in [-0.39, 0.29) is 30.2 Å². The van der Waals surface area contributed by atoms with Crippen LogP contribution >= 0.6 is 11.8 Å². The highest BCUT2D eigenvalue weighted by atomic mass is 32.2. The normalized spacial score (nSPS) is 10.7. The zero-order chi connectivity index (χ0) is 15.8. The summed E-state index contributed by atoms with van der Waals surface area (Å²) in [5, 5.41) is 8.55. The fourth-order valence-corrected chi connectivity index (χ4v) is 2.59. The van der Waals surface area contributed by atoms with Crippen LogP contribution in [0, 0.1) is 0 Å². The Morgan fingerprint density at radius 2 is 2.14 bits per heavy atom. The van der Waals surface area contributed by atoms with E-state index in [0.717, 1.165) is 0 Å². The molecule has 21 heavy (non-hydrogen) atoms. The SMILES string of the molecule is CCOC(=O)CN(CC)C(=O)CSc1nncn1C(C)C. The van der Waals surface area contributed by atoms with Crippen molar-refractivity contribution in [1.82, 2.24) is 19.7 Å². The number of carbonyl (C=O) groups excluding carboxylic acids is 2. The van der Waals surface area contributed by atoms with E-state index in [1.54, 1.807) is 13.3 Å². The van der Waals surface area contributed by atoms with Crippen LogP contribution in [0.2, 0.25) is 0 Å². The van der Waals surface area contributed by atoms with Gasteiger partial charge in [-0.1, -0.05) is 11.8 Å². The number of nitrogens with zero attached hydrogens (tertiary/aromatic N) is 4. The molecular weight excluding hydrogens is 292 g/mol. The Balaban J connectivity index is 2.54. The summed E-state index contributed by atoms with van der Waals surface area (Å²) in [6, 6.07) is 0.236. The van der Waals surface area contributed by atoms with Crippen LogP contribution in [0.3, 0.4) is 0 Å². The number of thioether (sulfide) groups is 1. The zero-order valence-corrected chi connectivity index (χ0v) is 13.7. The van der Waals surface area contributed by atoms with E-state index in [9.17, 15) is 9.59 Å². The highest BCUT2D eigenvalue weighted by Crippen LogP contribution is 2.19. The lowest BCUT2D eigenvalue weighted by Crippen LogP contribution is -2.37. The molecule has 0 radical (unpaired) electrons. The fourth-order valence-electron chi connectivity index (χ4n) is 1.65. The largest absolute Gasteiger partial charge is 0.465 e. The molecule has 0 aliphatic carbocycles. The van der Waals surface area contributed by atoms with Gasteiger partial charge in [-0.2, -0.15) is 0 Å². The van der Waals surface area contributed by atoms with Gasteiger partial charge in [0.1, 0.15) is 12.9 Å². The highest BCUT2D eigenvalue weighted by molar-refractivity contribution is 7.99. The van der Waals surface area contributed by atoms with Gasteiger partial charge in [0, 0.05) is 12.6 Å². The quantitative estimate of drug-likeness (QED) is 0.532. The van der Waals surface area contributed by atoms with Gasteiger partial charge in [0.25, 0.3) is 0 Å². The molecule has 0 spiro atoms. The first kappa shape index (κ1) is 17.5. The summed E-state index contributed by atoms with van der Waals surface area (Å²) >= 11 is 1.32. The molecule has 1 heterocycles. The number of carbonyl (C=O) groups is 2. The summed E-state index contributed by atoms with van der Waals surface area (Å²) in [5.41, 5.74) is 0. The van der Waals surface area contributed by atoms with E-state index in [0.29, 0.717) is 18.3 Å². The number of amides is 1. The van der Waals surface area contributed by atoms with Crippen LogP contribution in [-0.2, 0) is 14.3 Å². The predicted molar refractivity (Wildman–Crippen MR) is 80.0 cm³/mol. The number of hydrogen-bond acceptors (Lipinski definition) is 6. The van der Waals surface area contributed by atoms with Crippen molar-refractivity contribution in [3.63, 3.8) is 0 Å². The third-order valence-electron chi connectivity index (χ3n) is 2.78. The van der Waals surface area contributed by atoms with Gasteiger partial charge in [-0.05, 0) is 27.7 Å². The van der Waals surface area contributed by atoms with Crippen LogP contribution in [0.1, 0.15) is 33.7 Å². The lowest BCUT2D eigenvalue weighted by molar-refractivity contribution is -0.148. The van der Waals surface area contributed by atoms with Gasteiger partial charge in [-0.25, -0.2) is 0 Å². The monoisotopic (exact) mass is 314 g/mol. The van der Waals surface area contributed by atoms with Crippen molar-refractivity contribution < 1.29 is 14.3 Å². The first-order chi connectivity index (χ1) is 9.99. The second-order valence-corrected chi connectivity index (χ2v) is 5.56. The number of rotatable bonds is 8. The molecule has 1 amide bonds. The molecule has 0 saturated carbocycles. The highest BCUT2D eigenvalue weighted by Gasteiger charge is 2.18. The Bertz CT molecular complexity index is 476. The number of aromatic nitrogens is 3. The molecule has 0 atom stereocenters. The predicted octanol–water partition coefficient (Wildman–Crippen LogP) is 1.36. The Hall–Kier alpha value is -1.57. The number of hydrogen-bond donors (Lipinski definition) is 0. The molecule has 1 aromatic rings. The van der Waals surface area contributed by atoms with Crippen molar-refractivity contribution in [3.05, 3.63) is 6.33 Å². The van der Waals surface area contributed by atoms with Crippen LogP contribution in [-0.4, -0.2) is 57.0 Å². The number of likely N-dealkylation sites (N-methyl/N-ethyl adjacent to an activating group) is 1. The van der Waals surface area contributed by atoms with Crippen LogP contribution < -0.4 is 0 Å². The van der Waals surface area contributed by atoms with Crippen molar-refractivity contribution in [3.8, 4) is 0 Å². The van der Waals surface area contributed by atoms with E-state index >= 15 is 0 Å². The number of ether oxygens (including phenoxy) is 1. The van der Waals surface area contributed by atoms with Crippen LogP contribution in [0.25, 0.3) is 0 Å². The summed E-state index contributed by atoms with van der Waals surface area (Å²) in [7, 11) is 0. The second kappa shape index (κ2) is 8.66. The molecule has 1 rings (SSSR count). The van der Waals surface area contributed by atoms with Gasteiger partial charge in [-0.3, -0.25) is 9.59 Å². The minimum atomic E-state index is -0.386. The van der Waals surface area contributed by atoms with Gasteiger partial charge >= 0.3 is 5.97 Å². The molecular formula is C13H22N4O3S. The molecule has 0 aliphatic rings. The minimum Gasteiger partial charge on any atom is -0.465 e. The standard InChI is InChI=1S/C13H22N4O3S/c1-5-16(7-12(19)20-6-2)11(18)8-21-13-15-14-9-17(13)10(3)4/h9-10H,5-8H2,1-4H3. The van der Waals surface area contributed by atoms with E-state index < -0.39 is 0 Å². The third kappa shape index (κ3) is 5.37. The van der Waals surface area contributed by atoms with Gasteiger partial charge < -0.3 is 14.2 Å². The molecule has 118 valence electrons. The molecule has 1 aromatic heterocycles. The molecule has 7 nitrogen and oxygen atoms in total. The van der Waals surface area contributed by atoms with E-state index in [4.69, 9.17) is 4.74 Å². The Morgan fingerprint density at radius 3 is 2.71 bits per heavy atom. The fraction of sp³-hybridized carbons (Fsp3) is 0.692. The first-order valence-corrected chi connectivity index (χ1v) is 7.93. The van der Waals surface area contributed by atoms with Crippen molar-refractivity contribution in [2.75, 3.05) is 25.4 Å². The molecule has 0 saturated heterocycles. The Kier molecular flexibility index (Phi) is 7.21. The minimum absolute atomic E-state index is 0.0133. The zero-order valence-electron chi connectivity index (χ0n) is 12.9. The summed E-state index contributed by atoms with van der Waals surface area (Å²) in [6.45, 7) is 8.39. The summed E-state index contributed by atoms with van der Waals surface area (Å²) in [6.07, 6.45) is 1.65. The van der Waals surface area contributed by atoms with Gasteiger partial charge in [0.05, 0.1) is 12.4 Å². The maximum Gasteiger partial charge on any atom is 0.325 e. The van der Waals surface area contributed by atoms with Crippen LogP contribution in [0.15, 0.2) is 11.5 Å². The molecule has 0 aliphatic heterocycles. The van der Waals surface area contributed by atoms with Gasteiger partial charge in [0.2, 0.25) is 5.91 Å². The summed E-state index contributed by atoms with van der Waals surface area (Å²) in [5.74, 6) is -0.282. The molecule has 8 heteroatoms. The lowest BCUT2D eigenvalue weighted by atomic mass is 10.4. The second-order valence-electron chi connectivity index (χ2n) is 4.62. The topological polar surface area (TPSA) is 77.3 Å².